The second kappa shape index (κ2) is 19.0. The number of benzene rings is 3. The molecule has 0 bridgehead atoms. The third-order valence-electron chi connectivity index (χ3n) is 4.62. The monoisotopic (exact) mass is 502 g/mol. The van der Waals surface area contributed by atoms with Crippen LogP contribution in [0, 0.1) is 22.6 Å². The van der Waals surface area contributed by atoms with Gasteiger partial charge in [0.25, 0.3) is 0 Å². The Bertz CT molecular complexity index is 1100. The summed E-state index contributed by atoms with van der Waals surface area (Å²) in [6.45, 7) is 1.98. The van der Waals surface area contributed by atoms with E-state index in [1.165, 1.54) is 6.07 Å². The fourth-order valence-corrected chi connectivity index (χ4v) is 2.92. The molecule has 0 aromatic heterocycles. The number of aryl methyl sites for hydroxylation is 1. The van der Waals surface area contributed by atoms with Crippen molar-refractivity contribution >= 4 is 12.2 Å². The van der Waals surface area contributed by atoms with Crippen molar-refractivity contribution in [3.05, 3.63) is 94.8 Å². The summed E-state index contributed by atoms with van der Waals surface area (Å²) in [4.78, 5) is 8.25. The number of nitrogens with one attached hydrogen (secondary N) is 1. The molecule has 0 amide bonds. The standard InChI is InChI=1S/C25H23FN2O2.CH2O2.CH4O.Na/c1-2-3-20-10-13-23(14-24(20)26)29-16-19-6-11-22(12-7-19)30-17-25(28)21-8-4-18(15-27)5-9-21;2-1-3;1-2;/h4-14,28H,2-3,16-17H2,1H3;1H,(H,2,3);2H,1H3;/q;;;+1/p-1. The molecular weight excluding hydrogens is 474 g/mol. The van der Waals surface area contributed by atoms with Gasteiger partial charge in [-0.05, 0) is 53.4 Å². The molecule has 0 saturated heterocycles. The Morgan fingerprint density at radius 1 is 1.06 bits per heavy atom. The van der Waals surface area contributed by atoms with E-state index < -0.39 is 6.47 Å². The topological polar surface area (TPSA) is 126 Å². The number of rotatable bonds is 9. The van der Waals surface area contributed by atoms with Crippen molar-refractivity contribution < 1.29 is 58.4 Å². The van der Waals surface area contributed by atoms with Gasteiger partial charge in [-0.3, -0.25) is 0 Å². The van der Waals surface area contributed by atoms with Crippen LogP contribution in [0.2, 0.25) is 0 Å². The fraction of sp³-hybridized carbons (Fsp3) is 0.222. The first kappa shape index (κ1) is 32.8. The van der Waals surface area contributed by atoms with E-state index in [0.717, 1.165) is 31.1 Å². The van der Waals surface area contributed by atoms with Crippen molar-refractivity contribution in [3.8, 4) is 17.6 Å². The summed E-state index contributed by atoms with van der Waals surface area (Å²) in [5, 5.41) is 32.2. The Balaban J connectivity index is 0.00000190. The summed E-state index contributed by atoms with van der Waals surface area (Å²) >= 11 is 0. The molecule has 0 heterocycles. The zero-order valence-electron chi connectivity index (χ0n) is 20.7. The minimum Gasteiger partial charge on any atom is -0.554 e. The number of nitriles is 1. The summed E-state index contributed by atoms with van der Waals surface area (Å²) in [6.07, 6.45) is 1.62. The Morgan fingerprint density at radius 2 is 1.64 bits per heavy atom. The zero-order chi connectivity index (χ0) is 26.1. The van der Waals surface area contributed by atoms with E-state index >= 15 is 0 Å². The van der Waals surface area contributed by atoms with Gasteiger partial charge in [0, 0.05) is 19.6 Å². The molecule has 0 aliphatic rings. The van der Waals surface area contributed by atoms with E-state index in [1.54, 1.807) is 36.4 Å². The minimum atomic E-state index is -0.500. The van der Waals surface area contributed by atoms with Crippen LogP contribution in [0.15, 0.2) is 66.7 Å². The third-order valence-corrected chi connectivity index (χ3v) is 4.62. The summed E-state index contributed by atoms with van der Waals surface area (Å²) in [6, 6.07) is 21.3. The van der Waals surface area contributed by atoms with Gasteiger partial charge < -0.3 is 29.9 Å². The van der Waals surface area contributed by atoms with Crippen molar-refractivity contribution in [2.24, 2.45) is 0 Å². The minimum absolute atomic E-state index is 0. The van der Waals surface area contributed by atoms with Gasteiger partial charge in [0.1, 0.15) is 30.5 Å². The van der Waals surface area contributed by atoms with Gasteiger partial charge in [0.15, 0.2) is 0 Å². The summed E-state index contributed by atoms with van der Waals surface area (Å²) in [5.41, 5.74) is 3.25. The number of aliphatic hydroxyl groups excluding tert-OH is 1. The van der Waals surface area contributed by atoms with E-state index in [9.17, 15) is 4.39 Å². The maximum Gasteiger partial charge on any atom is 1.00 e. The molecule has 2 N–H and O–H groups in total. The van der Waals surface area contributed by atoms with E-state index in [2.05, 4.69) is 6.07 Å². The van der Waals surface area contributed by atoms with E-state index in [-0.39, 0.29) is 42.0 Å². The molecule has 0 aliphatic carbocycles. The number of carbonyl (C=O) groups excluding carboxylic acids is 1. The van der Waals surface area contributed by atoms with Gasteiger partial charge in [0.2, 0.25) is 0 Å². The summed E-state index contributed by atoms with van der Waals surface area (Å²) in [5.74, 6) is 0.915. The zero-order valence-corrected chi connectivity index (χ0v) is 22.7. The van der Waals surface area contributed by atoms with Crippen molar-refractivity contribution in [2.75, 3.05) is 13.7 Å². The van der Waals surface area contributed by atoms with Crippen LogP contribution in [0.5, 0.6) is 11.5 Å². The van der Waals surface area contributed by atoms with E-state index in [4.69, 9.17) is 35.2 Å². The van der Waals surface area contributed by atoms with Crippen LogP contribution in [-0.4, -0.2) is 31.0 Å². The number of halogens is 1. The number of hydrogen-bond acceptors (Lipinski definition) is 7. The molecule has 0 aliphatic heterocycles. The Labute approximate surface area is 232 Å². The first-order valence-electron chi connectivity index (χ1n) is 10.7. The fourth-order valence-electron chi connectivity index (χ4n) is 2.92. The van der Waals surface area contributed by atoms with Crippen LogP contribution in [0.25, 0.3) is 0 Å². The molecular formula is C27H28FN2NaO5. The number of nitrogens with zero attached hydrogens (tertiary/aromatic N) is 1. The molecule has 3 rings (SSSR count). The quantitative estimate of drug-likeness (QED) is 0.251. The van der Waals surface area contributed by atoms with Crippen molar-refractivity contribution in [3.63, 3.8) is 0 Å². The number of aliphatic hydroxyl groups is 1. The van der Waals surface area contributed by atoms with Crippen LogP contribution in [0.4, 0.5) is 4.39 Å². The molecule has 3 aromatic rings. The normalized spacial score (nSPS) is 9.08. The Hall–Kier alpha value is -3.22. The van der Waals surface area contributed by atoms with Crippen LogP contribution in [0.3, 0.4) is 0 Å². The first-order valence-corrected chi connectivity index (χ1v) is 10.7. The number of carboxylic acid groups (broad SMARTS) is 1. The van der Waals surface area contributed by atoms with Crippen molar-refractivity contribution in [1.29, 1.82) is 10.7 Å². The van der Waals surface area contributed by atoms with Gasteiger partial charge in [-0.2, -0.15) is 5.26 Å². The molecule has 9 heteroatoms. The molecule has 0 spiro atoms. The third kappa shape index (κ3) is 11.5. The predicted octanol–water partition coefficient (Wildman–Crippen LogP) is 0.654. The maximum atomic E-state index is 14.0. The summed E-state index contributed by atoms with van der Waals surface area (Å²) < 4.78 is 25.3. The van der Waals surface area contributed by atoms with Crippen LogP contribution in [-0.2, 0) is 17.8 Å². The average Bonchev–Trinajstić information content (AvgIpc) is 2.90. The van der Waals surface area contributed by atoms with Gasteiger partial charge >= 0.3 is 29.6 Å². The SMILES string of the molecule is CCCc1ccc(OCc2ccc(OCC(=N)c3ccc(C#N)cc3)cc2)cc1F.CO.O=C[O-].[Na+]. The molecule has 0 fully saturated rings. The van der Waals surface area contributed by atoms with Crippen LogP contribution >= 0.6 is 0 Å². The number of ether oxygens (including phenoxy) is 2. The largest absolute Gasteiger partial charge is 1.00 e. The predicted molar refractivity (Wildman–Crippen MR) is 129 cm³/mol. The van der Waals surface area contributed by atoms with E-state index in [0.29, 0.717) is 34.9 Å². The van der Waals surface area contributed by atoms with Gasteiger partial charge in [-0.15, -0.1) is 0 Å². The molecule has 184 valence electrons. The molecule has 0 radical (unpaired) electrons. The summed E-state index contributed by atoms with van der Waals surface area (Å²) in [7, 11) is 1.00. The average molecular weight is 503 g/mol. The maximum absolute atomic E-state index is 14.0. The number of hydrogen-bond donors (Lipinski definition) is 2. The van der Waals surface area contributed by atoms with Gasteiger partial charge in [0.05, 0.1) is 17.3 Å². The molecule has 3 aromatic carbocycles. The molecule has 0 saturated carbocycles. The molecule has 7 nitrogen and oxygen atoms in total. The molecule has 0 atom stereocenters. The van der Waals surface area contributed by atoms with Gasteiger partial charge in [-0.1, -0.05) is 43.7 Å². The Kier molecular flexibility index (Phi) is 17.3. The first-order chi connectivity index (χ1) is 17.0. The van der Waals surface area contributed by atoms with Crippen LogP contribution < -0.4 is 44.1 Å². The Morgan fingerprint density at radius 3 is 2.17 bits per heavy atom. The second-order valence-corrected chi connectivity index (χ2v) is 6.99. The second-order valence-electron chi connectivity index (χ2n) is 6.99. The smallest absolute Gasteiger partial charge is 0.554 e. The van der Waals surface area contributed by atoms with Crippen molar-refractivity contribution in [2.45, 2.75) is 26.4 Å². The van der Waals surface area contributed by atoms with E-state index in [1.807, 2.05) is 31.2 Å². The van der Waals surface area contributed by atoms with Gasteiger partial charge in [-0.25, -0.2) is 4.39 Å². The van der Waals surface area contributed by atoms with Crippen LogP contribution in [0.1, 0.15) is 35.6 Å². The number of carbonyl (C=O) groups is 1. The molecule has 0 unspecified atom stereocenters. The molecule has 36 heavy (non-hydrogen) atoms. The van der Waals surface area contributed by atoms with Crippen molar-refractivity contribution in [1.82, 2.24) is 0 Å².